The summed E-state index contributed by atoms with van der Waals surface area (Å²) < 4.78 is 0. The lowest BCUT2D eigenvalue weighted by Crippen LogP contribution is -2.33. The molecule has 2 atom stereocenters. The Bertz CT molecular complexity index is 79.3. The summed E-state index contributed by atoms with van der Waals surface area (Å²) in [5, 5.41) is 3.59. The van der Waals surface area contributed by atoms with Crippen molar-refractivity contribution in [3.8, 4) is 0 Å². The molecule has 2 aliphatic rings. The van der Waals surface area contributed by atoms with Gasteiger partial charge in [-0.2, -0.15) is 0 Å². The number of hydrogen-bond acceptors (Lipinski definition) is 2. The van der Waals surface area contributed by atoms with E-state index in [4.69, 9.17) is 0 Å². The van der Waals surface area contributed by atoms with Crippen LogP contribution in [0.4, 0.5) is 0 Å². The lowest BCUT2D eigenvalue weighted by atomic mass is 10.1. The average molecular weight is 142 g/mol. The number of rotatable bonds is 0. The monoisotopic (exact) mass is 142 g/mol. The third-order valence-electron chi connectivity index (χ3n) is 2.44. The fourth-order valence-electron chi connectivity index (χ4n) is 1.97. The molecular weight excluding hydrogens is 124 g/mol. The Kier molecular flexibility index (Phi) is 3.16. The molecule has 3 N–H and O–H groups in total. The highest BCUT2D eigenvalue weighted by atomic mass is 15.0. The number of nitrogens with one attached hydrogen (secondary N) is 1. The fraction of sp³-hybridized carbons (Fsp3) is 1.00. The minimum atomic E-state index is 0.911. The summed E-state index contributed by atoms with van der Waals surface area (Å²) in [7, 11) is 1.50. The molecule has 2 bridgehead atoms. The Balaban J connectivity index is 0.000000231. The molecule has 2 fully saturated rings. The molecule has 0 spiro atoms. The van der Waals surface area contributed by atoms with Crippen molar-refractivity contribution in [2.75, 3.05) is 7.05 Å². The lowest BCUT2D eigenvalue weighted by molar-refractivity contribution is 0.406. The first-order chi connectivity index (χ1) is 4.95. The van der Waals surface area contributed by atoms with Crippen LogP contribution >= 0.6 is 0 Å². The van der Waals surface area contributed by atoms with E-state index in [1.807, 2.05) is 0 Å². The second kappa shape index (κ2) is 3.94. The number of hydrogen-bond donors (Lipinski definition) is 2. The second-order valence-electron chi connectivity index (χ2n) is 3.07. The van der Waals surface area contributed by atoms with Gasteiger partial charge in [-0.05, 0) is 32.7 Å². The van der Waals surface area contributed by atoms with Crippen molar-refractivity contribution < 1.29 is 0 Å². The Hall–Kier alpha value is -0.0800. The van der Waals surface area contributed by atoms with Crippen molar-refractivity contribution in [1.29, 1.82) is 0 Å². The van der Waals surface area contributed by atoms with Crippen LogP contribution in [-0.2, 0) is 0 Å². The molecule has 2 aliphatic heterocycles. The highest BCUT2D eigenvalue weighted by molar-refractivity contribution is 4.87. The Morgan fingerprint density at radius 1 is 1.00 bits per heavy atom. The zero-order valence-electron chi connectivity index (χ0n) is 6.77. The maximum absolute atomic E-state index is 4.50. The number of piperidine rings is 1. The molecule has 2 heterocycles. The Morgan fingerprint density at radius 3 is 1.90 bits per heavy atom. The van der Waals surface area contributed by atoms with Crippen LogP contribution in [0.5, 0.6) is 0 Å². The summed E-state index contributed by atoms with van der Waals surface area (Å²) in [6, 6.07) is 1.82. The minimum Gasteiger partial charge on any atom is -0.333 e. The molecule has 0 aromatic rings. The molecule has 0 aromatic heterocycles. The summed E-state index contributed by atoms with van der Waals surface area (Å²) in [4.78, 5) is 0. The van der Waals surface area contributed by atoms with Gasteiger partial charge in [0.1, 0.15) is 0 Å². The molecule has 2 unspecified atom stereocenters. The molecule has 2 rings (SSSR count). The van der Waals surface area contributed by atoms with Gasteiger partial charge in [0.25, 0.3) is 0 Å². The van der Waals surface area contributed by atoms with Gasteiger partial charge in [0.2, 0.25) is 0 Å². The van der Waals surface area contributed by atoms with Gasteiger partial charge >= 0.3 is 0 Å². The van der Waals surface area contributed by atoms with E-state index in [0.29, 0.717) is 0 Å². The fourth-order valence-corrected chi connectivity index (χ4v) is 1.97. The summed E-state index contributed by atoms with van der Waals surface area (Å²) in [5.41, 5.74) is 4.50. The van der Waals surface area contributed by atoms with Crippen LogP contribution in [0.3, 0.4) is 0 Å². The van der Waals surface area contributed by atoms with Gasteiger partial charge < -0.3 is 11.1 Å². The van der Waals surface area contributed by atoms with Crippen molar-refractivity contribution in [2.24, 2.45) is 5.73 Å². The predicted octanol–water partition coefficient (Wildman–Crippen LogP) is 0.866. The Morgan fingerprint density at radius 2 is 1.50 bits per heavy atom. The SMILES string of the molecule is C1CC2CCC(C1)N2.CN. The molecule has 0 amide bonds. The van der Waals surface area contributed by atoms with E-state index in [2.05, 4.69) is 11.1 Å². The smallest absolute Gasteiger partial charge is 0.00702 e. The van der Waals surface area contributed by atoms with E-state index >= 15 is 0 Å². The molecule has 10 heavy (non-hydrogen) atoms. The summed E-state index contributed by atoms with van der Waals surface area (Å²) in [6.07, 6.45) is 7.25. The van der Waals surface area contributed by atoms with Crippen LogP contribution in [0.2, 0.25) is 0 Å². The van der Waals surface area contributed by atoms with E-state index in [-0.39, 0.29) is 0 Å². The number of nitrogens with two attached hydrogens (primary N) is 1. The van der Waals surface area contributed by atoms with Gasteiger partial charge in [-0.1, -0.05) is 6.42 Å². The Labute approximate surface area is 63.2 Å². The summed E-state index contributed by atoms with van der Waals surface area (Å²) in [5.74, 6) is 0. The molecule has 2 nitrogen and oxygen atoms in total. The van der Waals surface area contributed by atoms with Crippen LogP contribution in [0, 0.1) is 0 Å². The topological polar surface area (TPSA) is 38.0 Å². The van der Waals surface area contributed by atoms with Crippen LogP contribution in [0.25, 0.3) is 0 Å². The first-order valence-electron chi connectivity index (χ1n) is 4.29. The molecule has 0 radical (unpaired) electrons. The van der Waals surface area contributed by atoms with Gasteiger partial charge in [-0.3, -0.25) is 0 Å². The van der Waals surface area contributed by atoms with E-state index in [0.717, 1.165) is 12.1 Å². The third-order valence-corrected chi connectivity index (χ3v) is 2.44. The summed E-state index contributed by atoms with van der Waals surface area (Å²) in [6.45, 7) is 0. The minimum absolute atomic E-state index is 0.911. The molecular formula is C8H18N2. The molecule has 0 aliphatic carbocycles. The normalized spacial score (nSPS) is 36.6. The van der Waals surface area contributed by atoms with Gasteiger partial charge in [0.05, 0.1) is 0 Å². The molecule has 60 valence electrons. The van der Waals surface area contributed by atoms with Crippen molar-refractivity contribution in [1.82, 2.24) is 5.32 Å². The van der Waals surface area contributed by atoms with E-state index < -0.39 is 0 Å². The first kappa shape index (κ1) is 8.02. The van der Waals surface area contributed by atoms with Crippen LogP contribution in [0.1, 0.15) is 32.1 Å². The van der Waals surface area contributed by atoms with Gasteiger partial charge in [-0.25, -0.2) is 0 Å². The molecule has 2 saturated heterocycles. The number of fused-ring (bicyclic) bond motifs is 2. The van der Waals surface area contributed by atoms with E-state index in [1.54, 1.807) is 0 Å². The largest absolute Gasteiger partial charge is 0.333 e. The van der Waals surface area contributed by atoms with Gasteiger partial charge in [-0.15, -0.1) is 0 Å². The van der Waals surface area contributed by atoms with Crippen molar-refractivity contribution in [2.45, 2.75) is 44.2 Å². The maximum Gasteiger partial charge on any atom is 0.00702 e. The second-order valence-corrected chi connectivity index (χ2v) is 3.07. The first-order valence-corrected chi connectivity index (χ1v) is 4.29. The van der Waals surface area contributed by atoms with Crippen LogP contribution in [0.15, 0.2) is 0 Å². The van der Waals surface area contributed by atoms with Gasteiger partial charge in [0, 0.05) is 12.1 Å². The highest BCUT2D eigenvalue weighted by Gasteiger charge is 2.26. The van der Waals surface area contributed by atoms with Crippen LogP contribution in [-0.4, -0.2) is 19.1 Å². The third kappa shape index (κ3) is 1.70. The van der Waals surface area contributed by atoms with Crippen molar-refractivity contribution in [3.63, 3.8) is 0 Å². The van der Waals surface area contributed by atoms with Crippen molar-refractivity contribution in [3.05, 3.63) is 0 Å². The average Bonchev–Trinajstić information content (AvgIpc) is 2.35. The van der Waals surface area contributed by atoms with Crippen LogP contribution < -0.4 is 11.1 Å². The van der Waals surface area contributed by atoms with E-state index in [9.17, 15) is 0 Å². The molecule has 0 aromatic carbocycles. The highest BCUT2D eigenvalue weighted by Crippen LogP contribution is 2.25. The zero-order chi connectivity index (χ0) is 7.40. The van der Waals surface area contributed by atoms with Gasteiger partial charge in [0.15, 0.2) is 0 Å². The maximum atomic E-state index is 4.50. The lowest BCUT2D eigenvalue weighted by Gasteiger charge is -2.19. The predicted molar refractivity (Wildman–Crippen MR) is 43.9 cm³/mol. The zero-order valence-corrected chi connectivity index (χ0v) is 6.77. The standard InChI is InChI=1S/C7H13N.CH5N/c1-2-6-4-5-7(3-1)8-6;1-2/h6-8H,1-5H2;2H2,1H3. The summed E-state index contributed by atoms with van der Waals surface area (Å²) >= 11 is 0. The van der Waals surface area contributed by atoms with E-state index in [1.165, 1.54) is 39.2 Å². The quantitative estimate of drug-likeness (QED) is 0.526. The molecule has 0 saturated carbocycles. The van der Waals surface area contributed by atoms with Crippen molar-refractivity contribution >= 4 is 0 Å². The molecule has 2 heteroatoms.